The van der Waals surface area contributed by atoms with Crippen LogP contribution in [0.2, 0.25) is 0 Å². The van der Waals surface area contributed by atoms with Crippen LogP contribution in [0.3, 0.4) is 0 Å². The normalized spacial score (nSPS) is 9.67. The molecule has 0 bridgehead atoms. The van der Waals surface area contributed by atoms with Gasteiger partial charge in [0.25, 0.3) is 0 Å². The van der Waals surface area contributed by atoms with Gasteiger partial charge in [0.05, 0.1) is 0 Å². The number of hydrogen-bond acceptors (Lipinski definition) is 6. The van der Waals surface area contributed by atoms with Crippen LogP contribution >= 0.6 is 0 Å². The third-order valence-corrected chi connectivity index (χ3v) is 0. The van der Waals surface area contributed by atoms with Gasteiger partial charge in [-0.2, -0.15) is 8.42 Å². The van der Waals surface area contributed by atoms with Gasteiger partial charge in [-0.15, -0.1) is 0 Å². The summed E-state index contributed by atoms with van der Waals surface area (Å²) in [6.45, 7) is 0. The molecule has 12 heavy (non-hydrogen) atoms. The summed E-state index contributed by atoms with van der Waals surface area (Å²) in [5.41, 5.74) is 0. The second-order valence-corrected chi connectivity index (χ2v) is 2.57. The van der Waals surface area contributed by atoms with E-state index in [1.165, 1.54) is 0 Å². The molecule has 0 aliphatic heterocycles. The molecular weight excluding hydrogens is 270 g/mol. The van der Waals surface area contributed by atoms with Crippen LogP contribution in [0.25, 0.3) is 0 Å². The van der Waals surface area contributed by atoms with Crippen molar-refractivity contribution in [1.82, 2.24) is 0 Å². The molecule has 0 unspecified atom stereocenters. The van der Waals surface area contributed by atoms with E-state index in [1.54, 1.807) is 0 Å². The van der Waals surface area contributed by atoms with E-state index in [1.807, 2.05) is 0 Å². The monoisotopic (exact) mass is 272 g/mol. The van der Waals surface area contributed by atoms with E-state index in [4.69, 9.17) is 35.0 Å². The minimum Gasteiger partial charge on any atom is -0.759 e. The van der Waals surface area contributed by atoms with E-state index in [2.05, 4.69) is 0 Å². The summed E-state index contributed by atoms with van der Waals surface area (Å²) < 4.78 is 65.7. The summed E-state index contributed by atoms with van der Waals surface area (Å²) >= 11 is 0. The van der Waals surface area contributed by atoms with Gasteiger partial charge >= 0.3 is 113 Å². The number of rotatable bonds is 0. The molecule has 0 saturated heterocycles. The molecule has 0 aromatic carbocycles. The Hall–Kier alpha value is 3.01. The number of hydrogen-bond donors (Lipinski definition) is 2. The fourth-order valence-corrected chi connectivity index (χ4v) is 0. The van der Waals surface area contributed by atoms with Crippen LogP contribution in [-0.4, -0.2) is 35.0 Å². The predicted octanol–water partition coefficient (Wildman–Crippen LogP) is -7.98. The quantitative estimate of drug-likeness (QED) is 0.250. The van der Waals surface area contributed by atoms with E-state index in [0.29, 0.717) is 0 Å². The van der Waals surface area contributed by atoms with Crippen molar-refractivity contribution in [3.05, 3.63) is 0 Å². The first-order valence-electron chi connectivity index (χ1n) is 1.37. The van der Waals surface area contributed by atoms with Gasteiger partial charge < -0.3 is 9.11 Å². The summed E-state index contributed by atoms with van der Waals surface area (Å²) in [7, 11) is -9.83. The molecular formula is H2K2O8S2. The summed E-state index contributed by atoms with van der Waals surface area (Å²) in [5, 5.41) is 0. The fraction of sp³-hybridized carbons (Fsp3) is 0. The second kappa shape index (κ2) is 10.5. The van der Waals surface area contributed by atoms with Crippen molar-refractivity contribution in [3.63, 3.8) is 0 Å². The Bertz CT molecular complexity index is 211. The van der Waals surface area contributed by atoms with Gasteiger partial charge in [-0.3, -0.25) is 17.5 Å². The average molecular weight is 272 g/mol. The first-order valence-corrected chi connectivity index (χ1v) is 4.10. The maximum atomic E-state index is 8.74. The maximum absolute atomic E-state index is 8.74. The van der Waals surface area contributed by atoms with Crippen LogP contribution in [0.5, 0.6) is 0 Å². The van der Waals surface area contributed by atoms with Gasteiger partial charge in [0.1, 0.15) is 0 Å². The SMILES string of the molecule is O=S(=O)(O)O.O=S(=O)([O-])[O-].[K+].[K+]. The molecule has 0 spiro atoms. The van der Waals surface area contributed by atoms with Gasteiger partial charge in [-0.1, -0.05) is 0 Å². The van der Waals surface area contributed by atoms with Crippen molar-refractivity contribution in [3.8, 4) is 0 Å². The Morgan fingerprint density at radius 3 is 0.833 bits per heavy atom. The Morgan fingerprint density at radius 1 is 0.833 bits per heavy atom. The zero-order valence-corrected chi connectivity index (χ0v) is 14.0. The minimum absolute atomic E-state index is 0. The smallest absolute Gasteiger partial charge is 0.759 e. The molecule has 0 rings (SSSR count). The Balaban J connectivity index is -0.0000000457. The molecule has 0 heterocycles. The Morgan fingerprint density at radius 2 is 0.833 bits per heavy atom. The molecule has 12 heteroatoms. The molecule has 0 atom stereocenters. The first-order chi connectivity index (χ1) is 4.00. The van der Waals surface area contributed by atoms with Crippen LogP contribution in [0, 0.1) is 0 Å². The van der Waals surface area contributed by atoms with Crippen LogP contribution in [-0.2, 0) is 20.8 Å². The van der Waals surface area contributed by atoms with Gasteiger partial charge in [0, 0.05) is 10.4 Å². The molecule has 0 saturated carbocycles. The average Bonchev–Trinajstić information content (AvgIpc) is 1.12. The molecule has 0 aromatic heterocycles. The van der Waals surface area contributed by atoms with Gasteiger partial charge in [0.15, 0.2) is 0 Å². The van der Waals surface area contributed by atoms with E-state index < -0.39 is 20.8 Å². The zero-order valence-electron chi connectivity index (χ0n) is 6.16. The predicted molar refractivity (Wildman–Crippen MR) is 24.7 cm³/mol. The molecule has 0 amide bonds. The zero-order chi connectivity index (χ0) is 9.00. The van der Waals surface area contributed by atoms with Gasteiger partial charge in [-0.25, -0.2) is 0 Å². The topological polar surface area (TPSA) is 155 Å². The molecule has 0 aliphatic rings. The van der Waals surface area contributed by atoms with Crippen molar-refractivity contribution in [2.24, 2.45) is 0 Å². The second-order valence-electron chi connectivity index (χ2n) is 0.856. The van der Waals surface area contributed by atoms with E-state index in [9.17, 15) is 0 Å². The molecule has 64 valence electrons. The third kappa shape index (κ3) is 207. The van der Waals surface area contributed by atoms with Crippen molar-refractivity contribution in [2.75, 3.05) is 0 Å². The van der Waals surface area contributed by atoms with E-state index in [-0.39, 0.29) is 103 Å². The molecule has 8 nitrogen and oxygen atoms in total. The third-order valence-electron chi connectivity index (χ3n) is 0. The van der Waals surface area contributed by atoms with Crippen molar-refractivity contribution in [2.45, 2.75) is 0 Å². The standard InChI is InChI=1S/2K.2H2O4S/c;;2*1-5(2,3)4/h;;2*(H2,1,2,3,4)/q2*+1;;/p-2. The van der Waals surface area contributed by atoms with E-state index >= 15 is 0 Å². The van der Waals surface area contributed by atoms with E-state index in [0.717, 1.165) is 0 Å². The van der Waals surface area contributed by atoms with Crippen LogP contribution in [0.1, 0.15) is 0 Å². The van der Waals surface area contributed by atoms with Crippen molar-refractivity contribution in [1.29, 1.82) is 0 Å². The molecule has 0 aliphatic carbocycles. The van der Waals surface area contributed by atoms with Gasteiger partial charge in [-0.05, 0) is 0 Å². The first kappa shape index (κ1) is 24.3. The molecule has 0 radical (unpaired) electrons. The molecule has 2 N–H and O–H groups in total. The van der Waals surface area contributed by atoms with Crippen LogP contribution in [0.15, 0.2) is 0 Å². The minimum atomic E-state index is -5.17. The van der Waals surface area contributed by atoms with Crippen molar-refractivity contribution < 1.29 is 138 Å². The summed E-state index contributed by atoms with van der Waals surface area (Å²) in [6.07, 6.45) is 0. The summed E-state index contributed by atoms with van der Waals surface area (Å²) in [6, 6.07) is 0. The Kier molecular flexibility index (Phi) is 21.3. The fourth-order valence-electron chi connectivity index (χ4n) is 0. The van der Waals surface area contributed by atoms with Crippen LogP contribution in [0.4, 0.5) is 0 Å². The largest absolute Gasteiger partial charge is 1.00 e. The van der Waals surface area contributed by atoms with Crippen LogP contribution < -0.4 is 103 Å². The van der Waals surface area contributed by atoms with Crippen molar-refractivity contribution >= 4 is 20.8 Å². The molecule has 0 aromatic rings. The summed E-state index contributed by atoms with van der Waals surface area (Å²) in [5.74, 6) is 0. The molecule has 0 fully saturated rings. The summed E-state index contributed by atoms with van der Waals surface area (Å²) in [4.78, 5) is 0. The Labute approximate surface area is 154 Å². The maximum Gasteiger partial charge on any atom is 1.00 e. The van der Waals surface area contributed by atoms with Gasteiger partial charge in [0.2, 0.25) is 0 Å².